The van der Waals surface area contributed by atoms with E-state index < -0.39 is 0 Å². The van der Waals surface area contributed by atoms with Crippen LogP contribution in [-0.2, 0) is 9.53 Å². The summed E-state index contributed by atoms with van der Waals surface area (Å²) in [5, 5.41) is 0. The van der Waals surface area contributed by atoms with Crippen LogP contribution in [0.4, 0.5) is 0 Å². The quantitative estimate of drug-likeness (QED) is 0.401. The molecule has 0 aromatic rings. The minimum atomic E-state index is -0.118. The number of ether oxygens (including phenoxy) is 1. The van der Waals surface area contributed by atoms with Gasteiger partial charge in [-0.05, 0) is 6.92 Å². The van der Waals surface area contributed by atoms with E-state index in [-0.39, 0.29) is 30.7 Å². The molecule has 0 fully saturated rings. The molecule has 0 aromatic carbocycles. The molecule has 9 heavy (non-hydrogen) atoms. The summed E-state index contributed by atoms with van der Waals surface area (Å²) in [6.45, 7) is 5.92. The van der Waals surface area contributed by atoms with Crippen molar-refractivity contribution in [3.8, 4) is 0 Å². The fourth-order valence-electron chi connectivity index (χ4n) is 0.309. The Morgan fingerprint density at radius 2 is 2.00 bits per heavy atom. The first-order valence-corrected chi connectivity index (χ1v) is 2.85. The number of carbonyl (C=O) groups is 1. The van der Waals surface area contributed by atoms with Crippen LogP contribution in [0.3, 0.4) is 0 Å². The van der Waals surface area contributed by atoms with Gasteiger partial charge in [0.15, 0.2) is 0 Å². The third-order valence-corrected chi connectivity index (χ3v) is 0.758. The molecule has 0 amide bonds. The van der Waals surface area contributed by atoms with E-state index >= 15 is 0 Å². The van der Waals surface area contributed by atoms with E-state index in [9.17, 15) is 4.79 Å². The number of hydrogen-bond donors (Lipinski definition) is 0. The second-order valence-electron chi connectivity index (χ2n) is 1.91. The Kier molecular flexibility index (Phi) is 8.13. The zero-order valence-electron chi connectivity index (χ0n) is 6.60. The van der Waals surface area contributed by atoms with Gasteiger partial charge in [0, 0.05) is 18.9 Å². The second kappa shape index (κ2) is 6.19. The molecule has 0 rings (SSSR count). The summed E-state index contributed by atoms with van der Waals surface area (Å²) in [7, 11) is 0. The molecule has 49 valence electrons. The molecule has 0 saturated heterocycles. The zero-order valence-corrected chi connectivity index (χ0v) is 6.60. The van der Waals surface area contributed by atoms with Crippen molar-refractivity contribution in [3.63, 3.8) is 0 Å². The summed E-state index contributed by atoms with van der Waals surface area (Å²) in [5.41, 5.74) is 0. The Balaban J connectivity index is 0. The Morgan fingerprint density at radius 1 is 1.56 bits per heavy atom. The van der Waals surface area contributed by atoms with Gasteiger partial charge in [0.25, 0.3) is 0 Å². The van der Waals surface area contributed by atoms with Gasteiger partial charge < -0.3 is 4.74 Å². The molecule has 0 unspecified atom stereocenters. The molecule has 0 heterocycles. The molecule has 0 saturated carbocycles. The van der Waals surface area contributed by atoms with Crippen LogP contribution in [-0.4, -0.2) is 31.4 Å². The number of carbonyl (C=O) groups excluding carboxylic acids is 1. The van der Waals surface area contributed by atoms with Crippen molar-refractivity contribution in [3.05, 3.63) is 0 Å². The molecule has 1 radical (unpaired) electrons. The summed E-state index contributed by atoms with van der Waals surface area (Å²) in [5.74, 6) is -0.109. The van der Waals surface area contributed by atoms with E-state index in [2.05, 4.69) is 4.74 Å². The van der Waals surface area contributed by atoms with Crippen molar-refractivity contribution >= 4 is 24.8 Å². The fraction of sp³-hybridized carbons (Fsp3) is 0.833. The van der Waals surface area contributed by atoms with Gasteiger partial charge >= 0.3 is 5.97 Å². The van der Waals surface area contributed by atoms with Gasteiger partial charge in [-0.2, -0.15) is 0 Å². The van der Waals surface area contributed by atoms with Crippen LogP contribution in [0.5, 0.6) is 0 Å². The van der Waals surface area contributed by atoms with Crippen LogP contribution >= 0.6 is 0 Å². The molecule has 0 N–H and O–H groups in total. The van der Waals surface area contributed by atoms with Crippen molar-refractivity contribution in [2.24, 2.45) is 5.92 Å². The van der Waals surface area contributed by atoms with Crippen LogP contribution in [0.1, 0.15) is 20.8 Å². The molecule has 0 spiro atoms. The largest absolute Gasteiger partial charge is 0.466 e. The number of esters is 1. The normalized spacial score (nSPS) is 8.44. The van der Waals surface area contributed by atoms with Crippen molar-refractivity contribution < 1.29 is 9.53 Å². The molecular formula is C6H12LiO2. The van der Waals surface area contributed by atoms with Gasteiger partial charge in [-0.25, -0.2) is 0 Å². The van der Waals surface area contributed by atoms with Crippen molar-refractivity contribution in [1.82, 2.24) is 0 Å². The average molecular weight is 123 g/mol. The Labute approximate surface area is 68.1 Å². The molecule has 0 aromatic heterocycles. The Hall–Kier alpha value is 0.0674. The maximum absolute atomic E-state index is 10.5. The topological polar surface area (TPSA) is 26.3 Å². The van der Waals surface area contributed by atoms with Crippen LogP contribution in [0, 0.1) is 5.92 Å². The van der Waals surface area contributed by atoms with E-state index in [0.29, 0.717) is 6.61 Å². The van der Waals surface area contributed by atoms with Gasteiger partial charge in [-0.3, -0.25) is 4.79 Å². The fourth-order valence-corrected chi connectivity index (χ4v) is 0.309. The first kappa shape index (κ1) is 11.8. The molecule has 0 aliphatic rings. The van der Waals surface area contributed by atoms with E-state index in [1.165, 1.54) is 0 Å². The predicted molar refractivity (Wildman–Crippen MR) is 37.2 cm³/mol. The van der Waals surface area contributed by atoms with Crippen molar-refractivity contribution in [2.45, 2.75) is 20.8 Å². The minimum Gasteiger partial charge on any atom is -0.466 e. The molecule has 0 aliphatic heterocycles. The Bertz CT molecular complexity index is 81.1. The van der Waals surface area contributed by atoms with E-state index in [0.717, 1.165) is 0 Å². The van der Waals surface area contributed by atoms with Crippen molar-refractivity contribution in [2.75, 3.05) is 6.61 Å². The van der Waals surface area contributed by atoms with Crippen molar-refractivity contribution in [1.29, 1.82) is 0 Å². The molecular weight excluding hydrogens is 111 g/mol. The maximum atomic E-state index is 10.5. The molecule has 0 atom stereocenters. The summed E-state index contributed by atoms with van der Waals surface area (Å²) in [6.07, 6.45) is 0. The zero-order chi connectivity index (χ0) is 6.57. The third-order valence-electron chi connectivity index (χ3n) is 0.758. The van der Waals surface area contributed by atoms with Gasteiger partial charge in [0.1, 0.15) is 0 Å². The SMILES string of the molecule is CCOC(=O)C(C)C.[Li]. The van der Waals surface area contributed by atoms with E-state index in [1.54, 1.807) is 6.92 Å². The Morgan fingerprint density at radius 3 is 2.11 bits per heavy atom. The van der Waals surface area contributed by atoms with Gasteiger partial charge in [-0.1, -0.05) is 13.8 Å². The predicted octanol–water partition coefficient (Wildman–Crippen LogP) is 0.825. The summed E-state index contributed by atoms with van der Waals surface area (Å²) in [4.78, 5) is 10.5. The van der Waals surface area contributed by atoms with Gasteiger partial charge in [-0.15, -0.1) is 0 Å². The number of rotatable bonds is 2. The average Bonchev–Trinajstić information content (AvgIpc) is 1.67. The van der Waals surface area contributed by atoms with Gasteiger partial charge in [0.05, 0.1) is 12.5 Å². The molecule has 3 heteroatoms. The molecule has 0 aliphatic carbocycles. The molecule has 2 nitrogen and oxygen atoms in total. The van der Waals surface area contributed by atoms with E-state index in [4.69, 9.17) is 0 Å². The smallest absolute Gasteiger partial charge is 0.308 e. The summed E-state index contributed by atoms with van der Waals surface area (Å²) in [6, 6.07) is 0. The van der Waals surface area contributed by atoms with Crippen LogP contribution in [0.25, 0.3) is 0 Å². The van der Waals surface area contributed by atoms with Crippen LogP contribution in [0.15, 0.2) is 0 Å². The first-order valence-electron chi connectivity index (χ1n) is 2.85. The standard InChI is InChI=1S/C6H12O2.Li/c1-4-8-6(7)5(2)3;/h5H,4H2,1-3H3;. The minimum absolute atomic E-state index is 0. The molecule has 0 bridgehead atoms. The first-order chi connectivity index (χ1) is 3.68. The van der Waals surface area contributed by atoms with E-state index in [1.807, 2.05) is 13.8 Å². The monoisotopic (exact) mass is 123 g/mol. The summed E-state index contributed by atoms with van der Waals surface area (Å²) < 4.78 is 4.66. The second-order valence-corrected chi connectivity index (χ2v) is 1.91. The summed E-state index contributed by atoms with van der Waals surface area (Å²) >= 11 is 0. The third kappa shape index (κ3) is 5.95. The van der Waals surface area contributed by atoms with Crippen LogP contribution < -0.4 is 0 Å². The maximum Gasteiger partial charge on any atom is 0.308 e. The van der Waals surface area contributed by atoms with Crippen LogP contribution in [0.2, 0.25) is 0 Å². The number of hydrogen-bond acceptors (Lipinski definition) is 2. The van der Waals surface area contributed by atoms with Gasteiger partial charge in [0.2, 0.25) is 0 Å².